The van der Waals surface area contributed by atoms with Crippen LogP contribution < -0.4 is 5.32 Å². The first-order valence-corrected chi connectivity index (χ1v) is 7.47. The van der Waals surface area contributed by atoms with Gasteiger partial charge in [-0.05, 0) is 23.3 Å². The number of anilines is 1. The topological polar surface area (TPSA) is 48.4 Å². The van der Waals surface area contributed by atoms with Crippen LogP contribution in [0.3, 0.4) is 0 Å². The summed E-state index contributed by atoms with van der Waals surface area (Å²) in [5.41, 5.74) is 3.77. The average Bonchev–Trinajstić information content (AvgIpc) is 2.54. The van der Waals surface area contributed by atoms with Crippen LogP contribution in [0.4, 0.5) is 5.69 Å². The Morgan fingerprint density at radius 3 is 2.95 bits per heavy atom. The highest BCUT2D eigenvalue weighted by Crippen LogP contribution is 2.46. The molecule has 1 aromatic heterocycles. The van der Waals surface area contributed by atoms with E-state index in [2.05, 4.69) is 45.5 Å². The zero-order chi connectivity index (χ0) is 14.2. The molecule has 2 aliphatic rings. The Hall–Kier alpha value is -1.91. The zero-order valence-electron chi connectivity index (χ0n) is 11.8. The molecule has 4 heteroatoms. The predicted molar refractivity (Wildman–Crippen MR) is 82.1 cm³/mol. The third-order valence-corrected chi connectivity index (χ3v) is 4.78. The number of rotatable bonds is 3. The number of aromatic nitrogens is 1. The fourth-order valence-electron chi connectivity index (χ4n) is 3.79. The summed E-state index contributed by atoms with van der Waals surface area (Å²) < 4.78 is 0. The van der Waals surface area contributed by atoms with Gasteiger partial charge in [-0.3, -0.25) is 9.88 Å². The van der Waals surface area contributed by atoms with E-state index in [1.165, 1.54) is 16.8 Å². The summed E-state index contributed by atoms with van der Waals surface area (Å²) in [5, 5.41) is 13.3. The summed E-state index contributed by atoms with van der Waals surface area (Å²) in [7, 11) is 0. The Kier molecular flexibility index (Phi) is 3.13. The smallest absolute Gasteiger partial charge is 0.0593 e. The molecule has 3 heterocycles. The Balaban J connectivity index is 1.60. The van der Waals surface area contributed by atoms with Crippen molar-refractivity contribution in [1.29, 1.82) is 0 Å². The van der Waals surface area contributed by atoms with E-state index in [1.807, 2.05) is 12.3 Å². The van der Waals surface area contributed by atoms with E-state index < -0.39 is 0 Å². The maximum atomic E-state index is 9.82. The molecule has 21 heavy (non-hydrogen) atoms. The molecule has 0 saturated carbocycles. The molecule has 0 unspecified atom stereocenters. The number of para-hydroxylation sites is 1. The van der Waals surface area contributed by atoms with Crippen molar-refractivity contribution in [3.63, 3.8) is 0 Å². The normalized spacial score (nSPS) is 27.2. The van der Waals surface area contributed by atoms with Gasteiger partial charge < -0.3 is 10.4 Å². The first-order valence-electron chi connectivity index (χ1n) is 7.47. The van der Waals surface area contributed by atoms with Gasteiger partial charge >= 0.3 is 0 Å². The molecule has 0 bridgehead atoms. The van der Waals surface area contributed by atoms with Crippen LogP contribution in [0.25, 0.3) is 0 Å². The summed E-state index contributed by atoms with van der Waals surface area (Å²) in [5.74, 6) is 0.434. The molecule has 1 aromatic carbocycles. The van der Waals surface area contributed by atoms with Gasteiger partial charge in [-0.1, -0.05) is 24.3 Å². The van der Waals surface area contributed by atoms with Crippen molar-refractivity contribution in [2.45, 2.75) is 24.5 Å². The number of hydrogen-bond donors (Lipinski definition) is 2. The minimum atomic E-state index is 0.204. The van der Waals surface area contributed by atoms with Gasteiger partial charge in [0.05, 0.1) is 6.61 Å². The van der Waals surface area contributed by atoms with Crippen molar-refractivity contribution in [2.24, 2.45) is 0 Å². The molecular weight excluding hydrogens is 262 g/mol. The van der Waals surface area contributed by atoms with E-state index in [1.54, 1.807) is 6.20 Å². The van der Waals surface area contributed by atoms with Crippen molar-refractivity contribution < 1.29 is 5.11 Å². The number of fused-ring (bicyclic) bond motifs is 3. The van der Waals surface area contributed by atoms with Gasteiger partial charge in [0.2, 0.25) is 0 Å². The third-order valence-electron chi connectivity index (χ3n) is 4.78. The Morgan fingerprint density at radius 2 is 2.14 bits per heavy atom. The molecule has 4 nitrogen and oxygen atoms in total. The second kappa shape index (κ2) is 5.13. The number of hydrogen-bond acceptors (Lipinski definition) is 4. The van der Waals surface area contributed by atoms with Crippen LogP contribution in [0.15, 0.2) is 48.8 Å². The predicted octanol–water partition coefficient (Wildman–Crippen LogP) is 1.84. The quantitative estimate of drug-likeness (QED) is 0.901. The maximum Gasteiger partial charge on any atom is 0.0593 e. The average molecular weight is 281 g/mol. The van der Waals surface area contributed by atoms with Gasteiger partial charge in [0.25, 0.3) is 0 Å². The summed E-state index contributed by atoms with van der Waals surface area (Å²) in [4.78, 5) is 6.58. The fourth-order valence-corrected chi connectivity index (χ4v) is 3.79. The lowest BCUT2D eigenvalue weighted by Gasteiger charge is -2.57. The second-order valence-corrected chi connectivity index (χ2v) is 5.84. The summed E-state index contributed by atoms with van der Waals surface area (Å²) >= 11 is 0. The van der Waals surface area contributed by atoms with Gasteiger partial charge in [-0.25, -0.2) is 0 Å². The molecule has 1 saturated heterocycles. The van der Waals surface area contributed by atoms with E-state index in [-0.39, 0.29) is 12.6 Å². The molecule has 4 rings (SSSR count). The maximum absolute atomic E-state index is 9.82. The van der Waals surface area contributed by atoms with Crippen molar-refractivity contribution in [3.8, 4) is 0 Å². The number of nitrogens with one attached hydrogen (secondary N) is 1. The lowest BCUT2D eigenvalue weighted by atomic mass is 9.72. The van der Waals surface area contributed by atoms with E-state index in [9.17, 15) is 5.11 Å². The molecule has 0 spiro atoms. The van der Waals surface area contributed by atoms with E-state index >= 15 is 0 Å². The molecule has 2 aliphatic heterocycles. The van der Waals surface area contributed by atoms with Crippen molar-refractivity contribution in [3.05, 3.63) is 59.9 Å². The third kappa shape index (κ3) is 2.03. The second-order valence-electron chi connectivity index (χ2n) is 5.84. The summed E-state index contributed by atoms with van der Waals surface area (Å²) in [6.45, 7) is 2.00. The Bertz CT molecular complexity index is 631. The fraction of sp³-hybridized carbons (Fsp3) is 0.353. The van der Waals surface area contributed by atoms with Crippen LogP contribution in [0, 0.1) is 0 Å². The molecule has 0 amide bonds. The van der Waals surface area contributed by atoms with Crippen LogP contribution in [-0.2, 0) is 6.54 Å². The monoisotopic (exact) mass is 281 g/mol. The van der Waals surface area contributed by atoms with Crippen LogP contribution in [0.1, 0.15) is 17.0 Å². The van der Waals surface area contributed by atoms with Crippen molar-refractivity contribution in [2.75, 3.05) is 18.5 Å². The summed E-state index contributed by atoms with van der Waals surface area (Å²) in [6, 6.07) is 13.2. The number of benzene rings is 1. The number of pyridine rings is 1. The molecule has 2 N–H and O–H groups in total. The molecular formula is C17H19N3O. The first-order chi connectivity index (χ1) is 10.4. The van der Waals surface area contributed by atoms with Gasteiger partial charge in [0.1, 0.15) is 0 Å². The number of nitrogens with zero attached hydrogens (tertiary/aromatic N) is 2. The van der Waals surface area contributed by atoms with Gasteiger partial charge in [-0.2, -0.15) is 0 Å². The SMILES string of the molecule is OC[C@@H]1[C@H]2c3ccccc3NC[C@H]2N1Cc1cccnc1. The lowest BCUT2D eigenvalue weighted by Crippen LogP contribution is -2.66. The van der Waals surface area contributed by atoms with Crippen molar-refractivity contribution in [1.82, 2.24) is 9.88 Å². The van der Waals surface area contributed by atoms with Gasteiger partial charge in [0, 0.05) is 49.2 Å². The van der Waals surface area contributed by atoms with Crippen LogP contribution >= 0.6 is 0 Å². The van der Waals surface area contributed by atoms with Crippen LogP contribution in [0.2, 0.25) is 0 Å². The van der Waals surface area contributed by atoms with Crippen molar-refractivity contribution >= 4 is 5.69 Å². The standard InChI is InChI=1S/C17H19N3O/c21-11-16-17-13-5-1-2-6-14(13)19-9-15(17)20(16)10-12-4-3-7-18-8-12/h1-8,15-17,19,21H,9-11H2/t15-,16-,17+/m1/s1. The number of likely N-dealkylation sites (tertiary alicyclic amines) is 1. The van der Waals surface area contributed by atoms with E-state index in [0.717, 1.165) is 13.1 Å². The highest BCUT2D eigenvalue weighted by atomic mass is 16.3. The van der Waals surface area contributed by atoms with Crippen LogP contribution in [-0.4, -0.2) is 40.2 Å². The minimum Gasteiger partial charge on any atom is -0.395 e. The highest BCUT2D eigenvalue weighted by Gasteiger charge is 2.50. The summed E-state index contributed by atoms with van der Waals surface area (Å²) in [6.07, 6.45) is 3.70. The largest absolute Gasteiger partial charge is 0.395 e. The molecule has 0 radical (unpaired) electrons. The lowest BCUT2D eigenvalue weighted by molar-refractivity contribution is -0.0460. The molecule has 3 atom stereocenters. The van der Waals surface area contributed by atoms with Crippen LogP contribution in [0.5, 0.6) is 0 Å². The zero-order valence-corrected chi connectivity index (χ0v) is 11.8. The van der Waals surface area contributed by atoms with Gasteiger partial charge in [-0.15, -0.1) is 0 Å². The molecule has 2 aromatic rings. The molecule has 0 aliphatic carbocycles. The number of aliphatic hydroxyl groups excluding tert-OH is 1. The molecule has 108 valence electrons. The number of aliphatic hydroxyl groups is 1. The van der Waals surface area contributed by atoms with Gasteiger partial charge in [0.15, 0.2) is 0 Å². The van der Waals surface area contributed by atoms with E-state index in [4.69, 9.17) is 0 Å². The Morgan fingerprint density at radius 1 is 1.24 bits per heavy atom. The Labute approximate surface area is 124 Å². The van der Waals surface area contributed by atoms with E-state index in [0.29, 0.717) is 12.0 Å². The highest BCUT2D eigenvalue weighted by molar-refractivity contribution is 5.57. The first kappa shape index (κ1) is 12.8. The molecule has 1 fully saturated rings. The minimum absolute atomic E-state index is 0.204.